The van der Waals surface area contributed by atoms with Crippen molar-refractivity contribution in [3.63, 3.8) is 0 Å². The highest BCUT2D eigenvalue weighted by Crippen LogP contribution is 2.06. The summed E-state index contributed by atoms with van der Waals surface area (Å²) in [4.78, 5) is 0. The predicted molar refractivity (Wildman–Crippen MR) is 67.1 cm³/mol. The predicted octanol–water partition coefficient (Wildman–Crippen LogP) is 1.90. The van der Waals surface area contributed by atoms with Crippen LogP contribution in [-0.4, -0.2) is 27.8 Å². The summed E-state index contributed by atoms with van der Waals surface area (Å²) in [5.41, 5.74) is 1.26. The minimum Gasteiger partial charge on any atom is -0.312 e. The molecule has 4 heteroatoms. The molecule has 0 aliphatic heterocycles. The molecule has 1 heterocycles. The van der Waals surface area contributed by atoms with Gasteiger partial charge in [0, 0.05) is 37.7 Å². The fourth-order valence-corrected chi connectivity index (χ4v) is 2.19. The second-order valence-electron chi connectivity index (χ2n) is 4.17. The Kier molecular flexibility index (Phi) is 5.79. The second-order valence-corrected chi connectivity index (χ2v) is 5.32. The van der Waals surface area contributed by atoms with Gasteiger partial charge in [-0.3, -0.25) is 4.68 Å². The van der Waals surface area contributed by atoms with E-state index in [0.717, 1.165) is 19.0 Å². The van der Waals surface area contributed by atoms with Crippen molar-refractivity contribution < 1.29 is 0 Å². The Labute approximate surface area is 96.6 Å². The molecule has 0 bridgehead atoms. The van der Waals surface area contributed by atoms with Crippen LogP contribution in [0.3, 0.4) is 0 Å². The fraction of sp³-hybridized carbons (Fsp3) is 0.727. The van der Waals surface area contributed by atoms with E-state index in [1.165, 1.54) is 17.1 Å². The van der Waals surface area contributed by atoms with Crippen molar-refractivity contribution in [1.29, 1.82) is 0 Å². The summed E-state index contributed by atoms with van der Waals surface area (Å²) in [5, 5.41) is 7.54. The van der Waals surface area contributed by atoms with Gasteiger partial charge in [-0.25, -0.2) is 0 Å². The molecule has 0 amide bonds. The third kappa shape index (κ3) is 5.85. The molecular formula is C11H21N3S. The maximum Gasteiger partial charge on any atom is 0.0534 e. The van der Waals surface area contributed by atoms with Crippen LogP contribution in [0.25, 0.3) is 0 Å². The number of hydrogen-bond acceptors (Lipinski definition) is 3. The van der Waals surface area contributed by atoms with Crippen LogP contribution < -0.4 is 5.32 Å². The van der Waals surface area contributed by atoms with Crippen LogP contribution in [0.15, 0.2) is 12.4 Å². The molecule has 0 aliphatic rings. The van der Waals surface area contributed by atoms with Crippen molar-refractivity contribution in [1.82, 2.24) is 15.1 Å². The van der Waals surface area contributed by atoms with Gasteiger partial charge in [0.05, 0.1) is 6.20 Å². The normalized spacial score (nSPS) is 11.2. The summed E-state index contributed by atoms with van der Waals surface area (Å²) in [6.07, 6.45) is 3.96. The van der Waals surface area contributed by atoms with Crippen LogP contribution in [0.2, 0.25) is 0 Å². The lowest BCUT2D eigenvalue weighted by Crippen LogP contribution is -2.16. The topological polar surface area (TPSA) is 29.9 Å². The molecule has 0 radical (unpaired) electrons. The summed E-state index contributed by atoms with van der Waals surface area (Å²) in [7, 11) is 1.95. The average Bonchev–Trinajstić information content (AvgIpc) is 2.57. The van der Waals surface area contributed by atoms with Crippen molar-refractivity contribution in [2.45, 2.75) is 20.4 Å². The van der Waals surface area contributed by atoms with Crippen LogP contribution in [0.1, 0.15) is 19.4 Å². The standard InChI is InChI=1S/C11H21N3S/c1-10(2)9-15-5-4-12-6-11-7-13-14(3)8-11/h7-8,10,12H,4-6,9H2,1-3H3. The van der Waals surface area contributed by atoms with E-state index in [1.54, 1.807) is 0 Å². The maximum atomic E-state index is 4.13. The zero-order chi connectivity index (χ0) is 11.1. The Bertz CT molecular complexity index is 271. The van der Waals surface area contributed by atoms with Gasteiger partial charge in [-0.05, 0) is 11.7 Å². The monoisotopic (exact) mass is 227 g/mol. The highest BCUT2D eigenvalue weighted by Gasteiger charge is 1.96. The fourth-order valence-electron chi connectivity index (χ4n) is 1.26. The number of nitrogens with one attached hydrogen (secondary N) is 1. The van der Waals surface area contributed by atoms with Gasteiger partial charge in [0.25, 0.3) is 0 Å². The first-order valence-electron chi connectivity index (χ1n) is 5.44. The molecule has 1 rings (SSSR count). The second kappa shape index (κ2) is 6.90. The van der Waals surface area contributed by atoms with Crippen molar-refractivity contribution in [3.05, 3.63) is 18.0 Å². The van der Waals surface area contributed by atoms with Crippen molar-refractivity contribution >= 4 is 11.8 Å². The largest absolute Gasteiger partial charge is 0.312 e. The first-order chi connectivity index (χ1) is 7.18. The van der Waals surface area contributed by atoms with Gasteiger partial charge in [0.2, 0.25) is 0 Å². The SMILES string of the molecule is CC(C)CSCCNCc1cnn(C)c1. The molecule has 0 atom stereocenters. The van der Waals surface area contributed by atoms with Crippen molar-refractivity contribution in [3.8, 4) is 0 Å². The quantitative estimate of drug-likeness (QED) is 0.722. The summed E-state index contributed by atoms with van der Waals surface area (Å²) < 4.78 is 1.84. The smallest absolute Gasteiger partial charge is 0.0534 e. The third-order valence-electron chi connectivity index (χ3n) is 1.96. The molecule has 3 nitrogen and oxygen atoms in total. The number of aryl methyl sites for hydroxylation is 1. The minimum atomic E-state index is 0.799. The first kappa shape index (κ1) is 12.6. The molecule has 0 saturated heterocycles. The number of thioether (sulfide) groups is 1. The van der Waals surface area contributed by atoms with E-state index in [4.69, 9.17) is 0 Å². The van der Waals surface area contributed by atoms with Crippen LogP contribution >= 0.6 is 11.8 Å². The Morgan fingerprint density at radius 3 is 2.93 bits per heavy atom. The lowest BCUT2D eigenvalue weighted by atomic mass is 10.3. The Morgan fingerprint density at radius 2 is 2.33 bits per heavy atom. The van der Waals surface area contributed by atoms with Crippen molar-refractivity contribution in [2.75, 3.05) is 18.1 Å². The summed E-state index contributed by atoms with van der Waals surface area (Å²) >= 11 is 2.02. The average molecular weight is 227 g/mol. The molecule has 1 aromatic rings. The molecule has 15 heavy (non-hydrogen) atoms. The van der Waals surface area contributed by atoms with Crippen LogP contribution in [0.4, 0.5) is 0 Å². The molecular weight excluding hydrogens is 206 g/mol. The Morgan fingerprint density at radius 1 is 1.53 bits per heavy atom. The van der Waals surface area contributed by atoms with E-state index in [-0.39, 0.29) is 0 Å². The van der Waals surface area contributed by atoms with Gasteiger partial charge < -0.3 is 5.32 Å². The molecule has 0 unspecified atom stereocenters. The summed E-state index contributed by atoms with van der Waals surface area (Å²) in [5.74, 6) is 3.25. The van der Waals surface area contributed by atoms with E-state index in [2.05, 4.69) is 24.3 Å². The number of aromatic nitrogens is 2. The first-order valence-corrected chi connectivity index (χ1v) is 6.60. The van der Waals surface area contributed by atoms with Crippen molar-refractivity contribution in [2.24, 2.45) is 13.0 Å². The van der Waals surface area contributed by atoms with Gasteiger partial charge in [-0.15, -0.1) is 0 Å². The van der Waals surface area contributed by atoms with E-state index < -0.39 is 0 Å². The van der Waals surface area contributed by atoms with E-state index in [9.17, 15) is 0 Å². The van der Waals surface area contributed by atoms with Crippen LogP contribution in [0, 0.1) is 5.92 Å². The lowest BCUT2D eigenvalue weighted by molar-refractivity contribution is 0.723. The van der Waals surface area contributed by atoms with E-state index in [1.807, 2.05) is 35.9 Å². The van der Waals surface area contributed by atoms with Gasteiger partial charge in [0.1, 0.15) is 0 Å². The zero-order valence-electron chi connectivity index (χ0n) is 9.86. The highest BCUT2D eigenvalue weighted by atomic mass is 32.2. The third-order valence-corrected chi connectivity index (χ3v) is 3.36. The maximum absolute atomic E-state index is 4.13. The minimum absolute atomic E-state index is 0.799. The van der Waals surface area contributed by atoms with E-state index in [0.29, 0.717) is 0 Å². The molecule has 0 aromatic carbocycles. The van der Waals surface area contributed by atoms with Gasteiger partial charge in [0.15, 0.2) is 0 Å². The van der Waals surface area contributed by atoms with Gasteiger partial charge in [-0.1, -0.05) is 13.8 Å². The highest BCUT2D eigenvalue weighted by molar-refractivity contribution is 7.99. The lowest BCUT2D eigenvalue weighted by Gasteiger charge is -2.05. The zero-order valence-corrected chi connectivity index (χ0v) is 10.7. The van der Waals surface area contributed by atoms with Gasteiger partial charge >= 0.3 is 0 Å². The number of rotatable bonds is 7. The molecule has 0 fully saturated rings. The Hall–Kier alpha value is -0.480. The van der Waals surface area contributed by atoms with Crippen LogP contribution in [0.5, 0.6) is 0 Å². The van der Waals surface area contributed by atoms with Gasteiger partial charge in [-0.2, -0.15) is 16.9 Å². The Balaban J connectivity index is 1.98. The molecule has 1 aromatic heterocycles. The molecule has 1 N–H and O–H groups in total. The molecule has 0 spiro atoms. The molecule has 0 saturated carbocycles. The summed E-state index contributed by atoms with van der Waals surface area (Å²) in [6, 6.07) is 0. The van der Waals surface area contributed by atoms with Crippen LogP contribution in [-0.2, 0) is 13.6 Å². The molecule has 0 aliphatic carbocycles. The number of nitrogens with zero attached hydrogens (tertiary/aromatic N) is 2. The van der Waals surface area contributed by atoms with E-state index >= 15 is 0 Å². The molecule has 86 valence electrons. The number of hydrogen-bond donors (Lipinski definition) is 1. The summed E-state index contributed by atoms with van der Waals surface area (Å²) in [6.45, 7) is 6.52.